The predicted octanol–water partition coefficient (Wildman–Crippen LogP) is 4.12. The summed E-state index contributed by atoms with van der Waals surface area (Å²) in [6, 6.07) is 1.94. The van der Waals surface area contributed by atoms with Crippen molar-refractivity contribution >= 4 is 17.5 Å². The van der Waals surface area contributed by atoms with Crippen LogP contribution in [0.5, 0.6) is 5.88 Å². The number of hydrogen-bond acceptors (Lipinski definition) is 8. The van der Waals surface area contributed by atoms with Crippen LogP contribution in [0.25, 0.3) is 0 Å². The predicted molar refractivity (Wildman–Crippen MR) is 130 cm³/mol. The Bertz CT molecular complexity index is 922. The van der Waals surface area contributed by atoms with Crippen LogP contribution in [0.2, 0.25) is 0 Å². The summed E-state index contributed by atoms with van der Waals surface area (Å²) < 4.78 is 22.5. The number of ether oxygens (including phenoxy) is 4. The van der Waals surface area contributed by atoms with E-state index in [1.807, 2.05) is 33.8 Å². The molecule has 34 heavy (non-hydrogen) atoms. The summed E-state index contributed by atoms with van der Waals surface area (Å²) >= 11 is 0. The maximum atomic E-state index is 12.5. The summed E-state index contributed by atoms with van der Waals surface area (Å²) in [5.41, 5.74) is 9.27. The molecule has 9 nitrogen and oxygen atoms in total. The molecule has 0 aromatic carbocycles. The summed E-state index contributed by atoms with van der Waals surface area (Å²) in [6.07, 6.45) is 4.56. The second-order valence-corrected chi connectivity index (χ2v) is 9.78. The van der Waals surface area contributed by atoms with Gasteiger partial charge in [0.2, 0.25) is 5.88 Å². The lowest BCUT2D eigenvalue weighted by Crippen LogP contribution is -2.43. The first-order chi connectivity index (χ1) is 16.2. The van der Waals surface area contributed by atoms with Gasteiger partial charge in [0.05, 0.1) is 44.5 Å². The third-order valence-corrected chi connectivity index (χ3v) is 5.74. The highest BCUT2D eigenvalue weighted by Crippen LogP contribution is 2.25. The number of aliphatic imine (C=N–C) groups is 1. The molecule has 2 fully saturated rings. The molecule has 2 saturated heterocycles. The largest absolute Gasteiger partial charge is 0.481 e. The molecular formula is C25H38N4O5. The zero-order chi connectivity index (χ0) is 24.7. The van der Waals surface area contributed by atoms with Crippen molar-refractivity contribution in [3.05, 3.63) is 29.3 Å². The van der Waals surface area contributed by atoms with Crippen LogP contribution in [0.1, 0.15) is 52.0 Å². The van der Waals surface area contributed by atoms with Gasteiger partial charge in [-0.2, -0.15) is 0 Å². The molecule has 9 heteroatoms. The van der Waals surface area contributed by atoms with E-state index in [-0.39, 0.29) is 12.0 Å². The normalized spacial score (nSPS) is 22.2. The number of methoxy groups -OCH3 is 1. The van der Waals surface area contributed by atoms with Crippen molar-refractivity contribution in [1.29, 1.82) is 0 Å². The molecule has 1 aromatic rings. The zero-order valence-corrected chi connectivity index (χ0v) is 21.1. The molecule has 3 heterocycles. The van der Waals surface area contributed by atoms with E-state index in [9.17, 15) is 4.79 Å². The second kappa shape index (κ2) is 11.6. The first-order valence-electron chi connectivity index (χ1n) is 11.9. The third-order valence-electron chi connectivity index (χ3n) is 5.74. The number of nitrogens with two attached hydrogens (primary N) is 1. The van der Waals surface area contributed by atoms with Gasteiger partial charge in [-0.25, -0.2) is 9.78 Å². The number of aryl methyl sites for hydroxylation is 1. The molecule has 2 aliphatic rings. The Hall–Kier alpha value is -2.81. The van der Waals surface area contributed by atoms with Gasteiger partial charge in [-0.3, -0.25) is 4.99 Å². The molecule has 3 rings (SSSR count). The number of amides is 1. The minimum Gasteiger partial charge on any atom is -0.481 e. The van der Waals surface area contributed by atoms with Gasteiger partial charge in [-0.05, 0) is 46.6 Å². The molecule has 0 radical (unpaired) electrons. The van der Waals surface area contributed by atoms with Crippen LogP contribution < -0.4 is 10.5 Å². The standard InChI is InChI=1S/C25H38N4O5/c1-17-13-19(14-27-23(17)31-5)28-21-9-12-32-11-8-20(21)22(26)33-16-18-7-6-10-29(15-18)24(30)34-25(2,3)4/h13-14,18H,6-12,15-16,26H2,1-5H3/t18-/m0/s1. The van der Waals surface area contributed by atoms with E-state index >= 15 is 0 Å². The van der Waals surface area contributed by atoms with Gasteiger partial charge in [0, 0.05) is 43.0 Å². The summed E-state index contributed by atoms with van der Waals surface area (Å²) in [5, 5.41) is 0. The SMILES string of the molecule is COc1ncc(N=C2CCOCCC2=C(N)OC[C@H]2CCCN(C(=O)OC(C)(C)C)C2)cc1C. The highest BCUT2D eigenvalue weighted by atomic mass is 16.6. The van der Waals surface area contributed by atoms with Crippen LogP contribution in [0, 0.1) is 12.8 Å². The smallest absolute Gasteiger partial charge is 0.410 e. The monoisotopic (exact) mass is 474 g/mol. The van der Waals surface area contributed by atoms with Gasteiger partial charge < -0.3 is 29.6 Å². The van der Waals surface area contributed by atoms with Gasteiger partial charge in [-0.1, -0.05) is 0 Å². The van der Waals surface area contributed by atoms with Gasteiger partial charge in [0.25, 0.3) is 0 Å². The van der Waals surface area contributed by atoms with Crippen molar-refractivity contribution < 1.29 is 23.7 Å². The lowest BCUT2D eigenvalue weighted by Gasteiger charge is -2.34. The molecule has 188 valence electrons. The Kier molecular flexibility index (Phi) is 8.77. The van der Waals surface area contributed by atoms with E-state index < -0.39 is 5.60 Å². The van der Waals surface area contributed by atoms with Crippen LogP contribution in [0.15, 0.2) is 28.7 Å². The van der Waals surface area contributed by atoms with E-state index in [0.717, 1.165) is 35.4 Å². The summed E-state index contributed by atoms with van der Waals surface area (Å²) in [7, 11) is 1.60. The van der Waals surface area contributed by atoms with E-state index in [4.69, 9.17) is 29.7 Å². The number of likely N-dealkylation sites (tertiary alicyclic amines) is 1. The van der Waals surface area contributed by atoms with Crippen molar-refractivity contribution in [2.75, 3.05) is 40.0 Å². The summed E-state index contributed by atoms with van der Waals surface area (Å²) in [4.78, 5) is 23.3. The quantitative estimate of drug-likeness (QED) is 0.640. The van der Waals surface area contributed by atoms with Gasteiger partial charge in [-0.15, -0.1) is 0 Å². The van der Waals surface area contributed by atoms with E-state index in [1.54, 1.807) is 18.2 Å². The maximum absolute atomic E-state index is 12.5. The third kappa shape index (κ3) is 7.35. The van der Waals surface area contributed by atoms with Crippen molar-refractivity contribution in [3.63, 3.8) is 0 Å². The molecule has 1 aromatic heterocycles. The lowest BCUT2D eigenvalue weighted by molar-refractivity contribution is 0.0114. The number of piperidine rings is 1. The van der Waals surface area contributed by atoms with Crippen LogP contribution in [0.4, 0.5) is 10.5 Å². The average Bonchev–Trinajstić information content (AvgIpc) is 3.02. The van der Waals surface area contributed by atoms with Crippen LogP contribution in [-0.2, 0) is 14.2 Å². The topological polar surface area (TPSA) is 109 Å². The molecule has 0 unspecified atom stereocenters. The first-order valence-corrected chi connectivity index (χ1v) is 11.9. The fourth-order valence-corrected chi connectivity index (χ4v) is 4.10. The number of carbonyl (C=O) groups is 1. The molecule has 0 bridgehead atoms. The Balaban J connectivity index is 1.69. The van der Waals surface area contributed by atoms with Crippen LogP contribution in [-0.4, -0.2) is 67.3 Å². The van der Waals surface area contributed by atoms with Crippen molar-refractivity contribution in [1.82, 2.24) is 9.88 Å². The maximum Gasteiger partial charge on any atom is 0.410 e. The molecule has 0 aliphatic carbocycles. The van der Waals surface area contributed by atoms with Crippen molar-refractivity contribution in [2.24, 2.45) is 16.6 Å². The van der Waals surface area contributed by atoms with Crippen LogP contribution >= 0.6 is 0 Å². The fourth-order valence-electron chi connectivity index (χ4n) is 4.10. The number of hydrogen-bond donors (Lipinski definition) is 1. The fraction of sp³-hybridized carbons (Fsp3) is 0.640. The molecule has 2 aliphatic heterocycles. The lowest BCUT2D eigenvalue weighted by atomic mass is 9.99. The molecule has 1 amide bonds. The Morgan fingerprint density at radius 2 is 2.09 bits per heavy atom. The number of rotatable bonds is 5. The Labute approximate surface area is 202 Å². The van der Waals surface area contributed by atoms with Crippen molar-refractivity contribution in [3.8, 4) is 5.88 Å². The molecule has 2 N–H and O–H groups in total. The second-order valence-electron chi connectivity index (χ2n) is 9.78. The van der Waals surface area contributed by atoms with Crippen molar-refractivity contribution in [2.45, 2.75) is 59.0 Å². The number of aromatic nitrogens is 1. The number of pyridine rings is 1. The molecular weight excluding hydrogens is 436 g/mol. The van der Waals surface area contributed by atoms with E-state index in [0.29, 0.717) is 57.5 Å². The number of nitrogens with zero attached hydrogens (tertiary/aromatic N) is 3. The highest BCUT2D eigenvalue weighted by molar-refractivity contribution is 6.02. The Morgan fingerprint density at radius 3 is 2.79 bits per heavy atom. The Morgan fingerprint density at radius 1 is 1.32 bits per heavy atom. The average molecular weight is 475 g/mol. The highest BCUT2D eigenvalue weighted by Gasteiger charge is 2.28. The van der Waals surface area contributed by atoms with Gasteiger partial charge in [0.1, 0.15) is 5.60 Å². The van der Waals surface area contributed by atoms with Crippen LogP contribution in [0.3, 0.4) is 0 Å². The molecule has 1 atom stereocenters. The van der Waals surface area contributed by atoms with E-state index in [2.05, 4.69) is 4.98 Å². The summed E-state index contributed by atoms with van der Waals surface area (Å²) in [5.74, 6) is 1.15. The molecule has 0 spiro atoms. The van der Waals surface area contributed by atoms with E-state index in [1.165, 1.54) is 0 Å². The number of carbonyl (C=O) groups excluding carboxylic acids is 1. The minimum atomic E-state index is -0.509. The first kappa shape index (κ1) is 25.8. The van der Waals surface area contributed by atoms with Gasteiger partial charge >= 0.3 is 6.09 Å². The molecule has 0 saturated carbocycles. The summed E-state index contributed by atoms with van der Waals surface area (Å²) in [6.45, 7) is 10.4. The zero-order valence-electron chi connectivity index (χ0n) is 21.1. The van der Waals surface area contributed by atoms with Gasteiger partial charge in [0.15, 0.2) is 5.88 Å². The minimum absolute atomic E-state index is 0.191.